The van der Waals surface area contributed by atoms with Crippen LogP contribution in [0.5, 0.6) is 5.88 Å². The molecule has 3 heterocycles. The number of nitrogens with zero attached hydrogens (tertiary/aromatic N) is 3. The van der Waals surface area contributed by atoms with Crippen LogP contribution in [-0.2, 0) is 30.4 Å². The lowest BCUT2D eigenvalue weighted by molar-refractivity contribution is -0.139. The monoisotopic (exact) mass is 613 g/mol. The minimum atomic E-state index is -1.03. The van der Waals surface area contributed by atoms with Gasteiger partial charge >= 0.3 is 11.9 Å². The Hall–Kier alpha value is -4.19. The molecule has 3 N–H and O–H groups in total. The summed E-state index contributed by atoms with van der Waals surface area (Å²) in [6.45, 7) is 3.53. The molecular formula is C29H29Cl2N5O6. The maximum atomic E-state index is 13.7. The van der Waals surface area contributed by atoms with Gasteiger partial charge in [-0.2, -0.15) is 4.98 Å². The highest BCUT2D eigenvalue weighted by atomic mass is 35.5. The molecule has 13 heteroatoms. The molecule has 3 aromatic rings. The number of allylic oxidation sites excluding steroid dienone is 1. The highest BCUT2D eigenvalue weighted by Crippen LogP contribution is 2.46. The standard InChI is InChI=1S/C29H29Cl2N5O6/c1-5-41-28(38)23-22(17-10-8-11-18(30)24(17)31)21(27(37)40-4)15(2)34-25(23)26(39-3)19-13-20(36-29(32)35-19)42-14-16-9-6-7-12-33-16/h6-13,22,26,34H,5,14H2,1-4H3,(H2,32,35,36). The quantitative estimate of drug-likeness (QED) is 0.307. The molecule has 0 amide bonds. The average Bonchev–Trinajstić information content (AvgIpc) is 2.97. The van der Waals surface area contributed by atoms with Crippen LogP contribution in [0.2, 0.25) is 10.0 Å². The van der Waals surface area contributed by atoms with E-state index in [9.17, 15) is 9.59 Å². The summed E-state index contributed by atoms with van der Waals surface area (Å²) in [5.41, 5.74) is 8.22. The maximum absolute atomic E-state index is 13.7. The molecule has 1 aromatic carbocycles. The number of anilines is 1. The van der Waals surface area contributed by atoms with Gasteiger partial charge in [-0.05, 0) is 37.6 Å². The Kier molecular flexibility index (Phi) is 10.00. The predicted octanol–water partition coefficient (Wildman–Crippen LogP) is 4.68. The van der Waals surface area contributed by atoms with E-state index >= 15 is 0 Å². The number of methoxy groups -OCH3 is 2. The van der Waals surface area contributed by atoms with Crippen molar-refractivity contribution in [1.29, 1.82) is 0 Å². The zero-order valence-corrected chi connectivity index (χ0v) is 24.8. The topological polar surface area (TPSA) is 148 Å². The average molecular weight is 614 g/mol. The van der Waals surface area contributed by atoms with Gasteiger partial charge in [0.05, 0.1) is 57.9 Å². The Morgan fingerprint density at radius 1 is 1.07 bits per heavy atom. The number of rotatable bonds is 10. The molecule has 0 fully saturated rings. The Morgan fingerprint density at radius 2 is 1.86 bits per heavy atom. The third-order valence-corrected chi connectivity index (χ3v) is 7.22. The van der Waals surface area contributed by atoms with Gasteiger partial charge in [0, 0.05) is 25.1 Å². The van der Waals surface area contributed by atoms with E-state index in [2.05, 4.69) is 20.3 Å². The lowest BCUT2D eigenvalue weighted by atomic mass is 9.79. The molecule has 220 valence electrons. The van der Waals surface area contributed by atoms with E-state index in [1.807, 2.05) is 6.07 Å². The molecular weight excluding hydrogens is 585 g/mol. The number of halogens is 2. The summed E-state index contributed by atoms with van der Waals surface area (Å²) in [6, 6.07) is 11.9. The molecule has 2 aromatic heterocycles. The Labute approximate surface area is 252 Å². The van der Waals surface area contributed by atoms with Gasteiger partial charge in [0.25, 0.3) is 0 Å². The van der Waals surface area contributed by atoms with Gasteiger partial charge in [-0.25, -0.2) is 14.6 Å². The summed E-state index contributed by atoms with van der Waals surface area (Å²) in [7, 11) is 2.68. The van der Waals surface area contributed by atoms with Crippen molar-refractivity contribution in [3.05, 3.63) is 98.2 Å². The first kappa shape index (κ1) is 30.8. The zero-order chi connectivity index (χ0) is 30.4. The number of nitrogens with one attached hydrogen (secondary N) is 1. The maximum Gasteiger partial charge on any atom is 0.336 e. The molecule has 0 aliphatic carbocycles. The van der Waals surface area contributed by atoms with Crippen LogP contribution < -0.4 is 15.8 Å². The van der Waals surface area contributed by atoms with Crippen LogP contribution in [0.25, 0.3) is 0 Å². The van der Waals surface area contributed by atoms with E-state index in [1.54, 1.807) is 56.4 Å². The number of esters is 2. The van der Waals surface area contributed by atoms with E-state index in [0.717, 1.165) is 0 Å². The third kappa shape index (κ3) is 6.48. The molecule has 2 atom stereocenters. The second-order valence-corrected chi connectivity index (χ2v) is 9.78. The summed E-state index contributed by atoms with van der Waals surface area (Å²) < 4.78 is 22.3. The molecule has 0 radical (unpaired) electrons. The van der Waals surface area contributed by atoms with Gasteiger partial charge in [-0.3, -0.25) is 4.98 Å². The highest BCUT2D eigenvalue weighted by molar-refractivity contribution is 6.42. The van der Waals surface area contributed by atoms with E-state index in [0.29, 0.717) is 17.0 Å². The molecule has 0 spiro atoms. The van der Waals surface area contributed by atoms with Crippen LogP contribution in [0.4, 0.5) is 5.95 Å². The zero-order valence-electron chi connectivity index (χ0n) is 23.3. The SMILES string of the molecule is CCOC(=O)C1=C(C(OC)c2cc(OCc3ccccn3)nc(N)n2)NC(C)=C(C(=O)OC)C1c1cccc(Cl)c1Cl. The predicted molar refractivity (Wildman–Crippen MR) is 155 cm³/mol. The third-order valence-electron chi connectivity index (χ3n) is 6.39. The highest BCUT2D eigenvalue weighted by Gasteiger charge is 2.42. The second-order valence-electron chi connectivity index (χ2n) is 8.99. The first-order valence-electron chi connectivity index (χ1n) is 12.8. The fourth-order valence-electron chi connectivity index (χ4n) is 4.62. The Bertz CT molecular complexity index is 1550. The minimum Gasteiger partial charge on any atom is -0.471 e. The van der Waals surface area contributed by atoms with Crippen molar-refractivity contribution in [2.75, 3.05) is 26.6 Å². The van der Waals surface area contributed by atoms with Crippen molar-refractivity contribution in [2.45, 2.75) is 32.5 Å². The number of dihydropyridines is 1. The molecule has 0 saturated heterocycles. The van der Waals surface area contributed by atoms with Crippen molar-refractivity contribution in [2.24, 2.45) is 0 Å². The Morgan fingerprint density at radius 3 is 2.52 bits per heavy atom. The smallest absolute Gasteiger partial charge is 0.336 e. The molecule has 0 saturated carbocycles. The number of aromatic nitrogens is 3. The van der Waals surface area contributed by atoms with Crippen molar-refractivity contribution in [1.82, 2.24) is 20.3 Å². The van der Waals surface area contributed by atoms with Crippen LogP contribution in [0, 0.1) is 0 Å². The molecule has 1 aliphatic heterocycles. The fourth-order valence-corrected chi connectivity index (χ4v) is 5.04. The number of hydrogen-bond donors (Lipinski definition) is 2. The van der Waals surface area contributed by atoms with Crippen LogP contribution in [0.1, 0.15) is 42.8 Å². The minimum absolute atomic E-state index is 0.0482. The summed E-state index contributed by atoms with van der Waals surface area (Å²) in [5, 5.41) is 3.55. The van der Waals surface area contributed by atoms with Crippen molar-refractivity contribution in [3.8, 4) is 5.88 Å². The molecule has 11 nitrogen and oxygen atoms in total. The van der Waals surface area contributed by atoms with Crippen LogP contribution in [-0.4, -0.2) is 47.7 Å². The van der Waals surface area contributed by atoms with E-state index < -0.39 is 24.0 Å². The number of ether oxygens (including phenoxy) is 4. The van der Waals surface area contributed by atoms with E-state index in [1.165, 1.54) is 14.2 Å². The Balaban J connectivity index is 1.89. The van der Waals surface area contributed by atoms with Gasteiger partial charge < -0.3 is 30.0 Å². The normalized spacial score (nSPS) is 15.6. The molecule has 0 bridgehead atoms. The largest absolute Gasteiger partial charge is 0.471 e. The number of nitrogens with two attached hydrogens (primary N) is 1. The fraction of sp³-hybridized carbons (Fsp3) is 0.276. The van der Waals surface area contributed by atoms with Gasteiger partial charge in [-0.15, -0.1) is 0 Å². The van der Waals surface area contributed by atoms with Crippen molar-refractivity contribution in [3.63, 3.8) is 0 Å². The number of nitrogen functional groups attached to an aromatic ring is 1. The van der Waals surface area contributed by atoms with Crippen LogP contribution >= 0.6 is 23.2 Å². The number of carbonyl (C=O) groups is 2. The van der Waals surface area contributed by atoms with Gasteiger partial charge in [0.2, 0.25) is 11.8 Å². The van der Waals surface area contributed by atoms with Gasteiger partial charge in [-0.1, -0.05) is 41.4 Å². The first-order chi connectivity index (χ1) is 20.2. The van der Waals surface area contributed by atoms with Crippen molar-refractivity contribution >= 4 is 41.1 Å². The number of carbonyl (C=O) groups excluding carboxylic acids is 2. The number of benzene rings is 1. The second kappa shape index (κ2) is 13.6. The molecule has 42 heavy (non-hydrogen) atoms. The van der Waals surface area contributed by atoms with E-state index in [4.69, 9.17) is 47.9 Å². The summed E-state index contributed by atoms with van der Waals surface area (Å²) in [6.07, 6.45) is 0.639. The number of hydrogen-bond acceptors (Lipinski definition) is 11. The summed E-state index contributed by atoms with van der Waals surface area (Å²) in [4.78, 5) is 39.6. The molecule has 4 rings (SSSR count). The molecule has 1 aliphatic rings. The van der Waals surface area contributed by atoms with Crippen LogP contribution in [0.15, 0.2) is 71.2 Å². The van der Waals surface area contributed by atoms with Crippen molar-refractivity contribution < 1.29 is 28.5 Å². The first-order valence-corrected chi connectivity index (χ1v) is 13.6. The lowest BCUT2D eigenvalue weighted by Gasteiger charge is -2.34. The lowest BCUT2D eigenvalue weighted by Crippen LogP contribution is -2.36. The number of pyridine rings is 1. The van der Waals surface area contributed by atoms with Gasteiger partial charge in [0.15, 0.2) is 0 Å². The summed E-state index contributed by atoms with van der Waals surface area (Å²) in [5.74, 6) is -2.35. The van der Waals surface area contributed by atoms with Gasteiger partial charge in [0.1, 0.15) is 12.7 Å². The summed E-state index contributed by atoms with van der Waals surface area (Å²) >= 11 is 13.0. The van der Waals surface area contributed by atoms with E-state index in [-0.39, 0.29) is 57.6 Å². The molecule has 2 unspecified atom stereocenters. The van der Waals surface area contributed by atoms with Crippen LogP contribution in [0.3, 0.4) is 0 Å².